The van der Waals surface area contributed by atoms with Crippen molar-refractivity contribution in [2.24, 2.45) is 0 Å². The highest BCUT2D eigenvalue weighted by molar-refractivity contribution is 6.76. The van der Waals surface area contributed by atoms with Crippen molar-refractivity contribution in [1.82, 2.24) is 0 Å². The van der Waals surface area contributed by atoms with Gasteiger partial charge in [-0.3, -0.25) is 0 Å². The van der Waals surface area contributed by atoms with Gasteiger partial charge >= 0.3 is 5.97 Å². The Bertz CT molecular complexity index is 501. The molecule has 0 aromatic heterocycles. The number of carbonyl (C=O) groups is 1. The van der Waals surface area contributed by atoms with Gasteiger partial charge in [-0.05, 0) is 37.9 Å². The van der Waals surface area contributed by atoms with Gasteiger partial charge in [0.1, 0.15) is 17.1 Å². The van der Waals surface area contributed by atoms with Crippen molar-refractivity contribution in [2.75, 3.05) is 6.61 Å². The number of hydrogen-bond donors (Lipinski definition) is 2. The summed E-state index contributed by atoms with van der Waals surface area (Å²) >= 11 is 0. The summed E-state index contributed by atoms with van der Waals surface area (Å²) in [7, 11) is -1.26. The number of ether oxygens (including phenoxy) is 1. The van der Waals surface area contributed by atoms with Gasteiger partial charge in [-0.2, -0.15) is 0 Å². The molecular weight excluding hydrogens is 272 g/mol. The maximum absolute atomic E-state index is 12.1. The summed E-state index contributed by atoms with van der Waals surface area (Å²) in [6.07, 6.45) is 0. The first-order valence-electron chi connectivity index (χ1n) is 6.75. The van der Waals surface area contributed by atoms with E-state index < -0.39 is 14.0 Å². The largest absolute Gasteiger partial charge is 0.507 e. The molecule has 0 aliphatic rings. The van der Waals surface area contributed by atoms with E-state index in [0.29, 0.717) is 23.3 Å². The second-order valence-corrected chi connectivity index (χ2v) is 12.0. The Morgan fingerprint density at radius 3 is 2.05 bits per heavy atom. The van der Waals surface area contributed by atoms with E-state index in [4.69, 9.17) is 4.74 Å². The van der Waals surface area contributed by atoms with Crippen molar-refractivity contribution in [1.29, 1.82) is 0 Å². The van der Waals surface area contributed by atoms with Crippen LogP contribution in [0.1, 0.15) is 27.0 Å². The Balaban J connectivity index is 3.00. The Hall–Kier alpha value is -1.49. The molecule has 0 aliphatic carbocycles. The summed E-state index contributed by atoms with van der Waals surface area (Å²) < 4.78 is 5.27. The van der Waals surface area contributed by atoms with Gasteiger partial charge in [0.2, 0.25) is 0 Å². The van der Waals surface area contributed by atoms with Gasteiger partial charge in [-0.15, -0.1) is 0 Å². The minimum atomic E-state index is -1.26. The zero-order chi connectivity index (χ0) is 15.7. The molecular formula is C15H24O4Si. The maximum Gasteiger partial charge on any atom is 0.342 e. The predicted octanol–water partition coefficient (Wildman–Crippen LogP) is 3.52. The second-order valence-electron chi connectivity index (χ2n) is 6.39. The van der Waals surface area contributed by atoms with Gasteiger partial charge in [0.25, 0.3) is 0 Å². The van der Waals surface area contributed by atoms with Gasteiger partial charge in [0, 0.05) is 13.6 Å². The van der Waals surface area contributed by atoms with Crippen molar-refractivity contribution in [3.8, 4) is 11.5 Å². The van der Waals surface area contributed by atoms with Crippen LogP contribution in [0.5, 0.6) is 11.5 Å². The quantitative estimate of drug-likeness (QED) is 0.659. The van der Waals surface area contributed by atoms with E-state index >= 15 is 0 Å². The monoisotopic (exact) mass is 296 g/mol. The lowest BCUT2D eigenvalue weighted by molar-refractivity contribution is 0.0520. The van der Waals surface area contributed by atoms with E-state index in [1.807, 2.05) is 0 Å². The third kappa shape index (κ3) is 3.54. The van der Waals surface area contributed by atoms with Crippen LogP contribution in [0, 0.1) is 20.8 Å². The van der Waals surface area contributed by atoms with Crippen LogP contribution >= 0.6 is 0 Å². The number of esters is 1. The van der Waals surface area contributed by atoms with Gasteiger partial charge < -0.3 is 14.9 Å². The van der Waals surface area contributed by atoms with Crippen molar-refractivity contribution >= 4 is 14.0 Å². The smallest absolute Gasteiger partial charge is 0.342 e. The van der Waals surface area contributed by atoms with Crippen LogP contribution in [0.15, 0.2) is 0 Å². The lowest BCUT2D eigenvalue weighted by atomic mass is 9.97. The highest BCUT2D eigenvalue weighted by Crippen LogP contribution is 2.36. The summed E-state index contributed by atoms with van der Waals surface area (Å²) in [6, 6.07) is 0.884. The number of carbonyl (C=O) groups excluding carboxylic acids is 1. The second kappa shape index (κ2) is 5.87. The molecule has 0 atom stereocenters. The summed E-state index contributed by atoms with van der Waals surface area (Å²) in [5.41, 5.74) is 1.62. The third-order valence-electron chi connectivity index (χ3n) is 3.53. The minimum absolute atomic E-state index is 0.0265. The molecule has 0 saturated heterocycles. The SMILES string of the molecule is Cc1c(C)c(C(=O)OCC[Si](C)(C)C)c(O)c(C)c1O. The molecule has 0 saturated carbocycles. The number of aromatic hydroxyl groups is 2. The number of phenolic OH excluding ortho intramolecular Hbond substituents is 2. The van der Waals surface area contributed by atoms with Crippen LogP contribution < -0.4 is 0 Å². The first kappa shape index (κ1) is 16.6. The summed E-state index contributed by atoms with van der Waals surface area (Å²) in [5.74, 6) is -0.688. The van der Waals surface area contributed by atoms with Crippen LogP contribution in [0.3, 0.4) is 0 Å². The van der Waals surface area contributed by atoms with Crippen molar-refractivity contribution in [3.05, 3.63) is 22.3 Å². The molecule has 0 fully saturated rings. The normalized spacial score (nSPS) is 11.5. The van der Waals surface area contributed by atoms with Crippen LogP contribution in [-0.2, 0) is 4.74 Å². The molecule has 0 aliphatic heterocycles. The summed E-state index contributed by atoms with van der Waals surface area (Å²) in [6.45, 7) is 12.0. The highest BCUT2D eigenvalue weighted by Gasteiger charge is 2.23. The van der Waals surface area contributed by atoms with E-state index in [1.165, 1.54) is 0 Å². The molecule has 5 heteroatoms. The fourth-order valence-corrected chi connectivity index (χ4v) is 2.61. The number of phenols is 2. The van der Waals surface area contributed by atoms with Crippen LogP contribution in [-0.4, -0.2) is 30.9 Å². The average Bonchev–Trinajstić information content (AvgIpc) is 2.32. The average molecular weight is 296 g/mol. The molecule has 1 aromatic rings. The fraction of sp³-hybridized carbons (Fsp3) is 0.533. The Kier molecular flexibility index (Phi) is 4.86. The number of hydrogen-bond acceptors (Lipinski definition) is 4. The molecule has 0 spiro atoms. The van der Waals surface area contributed by atoms with Crippen molar-refractivity contribution < 1.29 is 19.7 Å². The van der Waals surface area contributed by atoms with Gasteiger partial charge in [-0.25, -0.2) is 4.79 Å². The minimum Gasteiger partial charge on any atom is -0.507 e. The topological polar surface area (TPSA) is 66.8 Å². The Morgan fingerprint density at radius 1 is 1.00 bits per heavy atom. The lowest BCUT2D eigenvalue weighted by Crippen LogP contribution is -2.23. The predicted molar refractivity (Wildman–Crippen MR) is 82.4 cm³/mol. The molecule has 0 radical (unpaired) electrons. The first-order chi connectivity index (χ1) is 9.06. The van der Waals surface area contributed by atoms with Crippen LogP contribution in [0.25, 0.3) is 0 Å². The molecule has 112 valence electrons. The van der Waals surface area contributed by atoms with Crippen LogP contribution in [0.4, 0.5) is 0 Å². The molecule has 0 unspecified atom stereocenters. The van der Waals surface area contributed by atoms with Crippen LogP contribution in [0.2, 0.25) is 25.7 Å². The van der Waals surface area contributed by atoms with Gasteiger partial charge in [0.05, 0.1) is 6.61 Å². The van der Waals surface area contributed by atoms with Crippen molar-refractivity contribution in [3.63, 3.8) is 0 Å². The van der Waals surface area contributed by atoms with E-state index in [9.17, 15) is 15.0 Å². The van der Waals surface area contributed by atoms with E-state index in [1.54, 1.807) is 20.8 Å². The zero-order valence-electron chi connectivity index (χ0n) is 13.1. The highest BCUT2D eigenvalue weighted by atomic mass is 28.3. The standard InChI is InChI=1S/C15H24O4Si/c1-9-10(2)13(16)11(3)14(17)12(9)15(18)19-7-8-20(4,5)6/h16-17H,7-8H2,1-6H3. The molecule has 1 aromatic carbocycles. The van der Waals surface area contributed by atoms with E-state index in [2.05, 4.69) is 19.6 Å². The summed E-state index contributed by atoms with van der Waals surface area (Å²) in [5, 5.41) is 19.9. The molecule has 0 bridgehead atoms. The molecule has 20 heavy (non-hydrogen) atoms. The van der Waals surface area contributed by atoms with Gasteiger partial charge in [-0.1, -0.05) is 19.6 Å². The maximum atomic E-state index is 12.1. The fourth-order valence-electron chi connectivity index (χ4n) is 1.90. The first-order valence-corrected chi connectivity index (χ1v) is 10.5. The van der Waals surface area contributed by atoms with E-state index in [-0.39, 0.29) is 17.1 Å². The van der Waals surface area contributed by atoms with E-state index in [0.717, 1.165) is 6.04 Å². The molecule has 2 N–H and O–H groups in total. The zero-order valence-corrected chi connectivity index (χ0v) is 14.1. The molecule has 0 amide bonds. The Morgan fingerprint density at radius 2 is 1.55 bits per heavy atom. The number of benzene rings is 1. The van der Waals surface area contributed by atoms with Gasteiger partial charge in [0.15, 0.2) is 0 Å². The Labute approximate surface area is 121 Å². The molecule has 0 heterocycles. The van der Waals surface area contributed by atoms with Crippen molar-refractivity contribution in [2.45, 2.75) is 46.5 Å². The number of rotatable bonds is 4. The summed E-state index contributed by atoms with van der Waals surface area (Å²) in [4.78, 5) is 12.1. The molecule has 4 nitrogen and oxygen atoms in total. The molecule has 1 rings (SSSR count). The lowest BCUT2D eigenvalue weighted by Gasteiger charge is -2.17. The third-order valence-corrected chi connectivity index (χ3v) is 5.23.